The van der Waals surface area contributed by atoms with E-state index in [0.29, 0.717) is 12.4 Å². The lowest BCUT2D eigenvalue weighted by molar-refractivity contribution is -0.384. The Morgan fingerprint density at radius 1 is 1.48 bits per heavy atom. The SMILES string of the molecule is CC(=O)N1[C@H](COc2ccc([N+](=O)[O-])cc2)COC1(C)C. The minimum Gasteiger partial charge on any atom is -0.491 e. The highest BCUT2D eigenvalue weighted by Crippen LogP contribution is 2.28. The molecule has 0 unspecified atom stereocenters. The van der Waals surface area contributed by atoms with Crippen LogP contribution in [0.3, 0.4) is 0 Å². The van der Waals surface area contributed by atoms with Crippen LogP contribution in [0.4, 0.5) is 5.69 Å². The number of carbonyl (C=O) groups excluding carboxylic acids is 1. The lowest BCUT2D eigenvalue weighted by Crippen LogP contribution is -2.48. The molecule has 0 aliphatic carbocycles. The van der Waals surface area contributed by atoms with E-state index in [2.05, 4.69) is 0 Å². The first kappa shape index (κ1) is 15.2. The molecule has 1 atom stereocenters. The summed E-state index contributed by atoms with van der Waals surface area (Å²) < 4.78 is 11.2. The van der Waals surface area contributed by atoms with E-state index in [1.165, 1.54) is 31.2 Å². The van der Waals surface area contributed by atoms with Gasteiger partial charge in [0.15, 0.2) is 0 Å². The summed E-state index contributed by atoms with van der Waals surface area (Å²) in [5, 5.41) is 10.6. The Kier molecular flexibility index (Phi) is 4.13. The van der Waals surface area contributed by atoms with Gasteiger partial charge in [0, 0.05) is 19.1 Å². The van der Waals surface area contributed by atoms with Crippen LogP contribution < -0.4 is 4.74 Å². The number of nitro groups is 1. The van der Waals surface area contributed by atoms with Crippen molar-refractivity contribution in [3.63, 3.8) is 0 Å². The van der Waals surface area contributed by atoms with Crippen molar-refractivity contribution in [1.82, 2.24) is 4.90 Å². The number of benzene rings is 1. The summed E-state index contributed by atoms with van der Waals surface area (Å²) in [5.41, 5.74) is -0.631. The molecule has 1 amide bonds. The second-order valence-electron chi connectivity index (χ2n) is 5.36. The highest BCUT2D eigenvalue weighted by molar-refractivity contribution is 5.74. The van der Waals surface area contributed by atoms with Gasteiger partial charge in [-0.2, -0.15) is 0 Å². The molecule has 1 fully saturated rings. The number of non-ortho nitro benzene ring substituents is 1. The molecule has 1 aliphatic heterocycles. The third-order valence-electron chi connectivity index (χ3n) is 3.40. The summed E-state index contributed by atoms with van der Waals surface area (Å²) in [4.78, 5) is 23.5. The number of carbonyl (C=O) groups is 1. The molecule has 21 heavy (non-hydrogen) atoms. The lowest BCUT2D eigenvalue weighted by atomic mass is 10.2. The molecule has 1 heterocycles. The molecule has 0 bridgehead atoms. The first-order valence-electron chi connectivity index (χ1n) is 6.62. The third-order valence-corrected chi connectivity index (χ3v) is 3.40. The van der Waals surface area contributed by atoms with Gasteiger partial charge in [0.2, 0.25) is 5.91 Å². The van der Waals surface area contributed by atoms with Crippen molar-refractivity contribution >= 4 is 11.6 Å². The molecule has 7 heteroatoms. The van der Waals surface area contributed by atoms with Crippen molar-refractivity contribution in [3.05, 3.63) is 34.4 Å². The minimum absolute atomic E-state index is 0.0121. The van der Waals surface area contributed by atoms with E-state index in [0.717, 1.165) is 0 Å². The van der Waals surface area contributed by atoms with Crippen LogP contribution in [-0.4, -0.2) is 40.7 Å². The Balaban J connectivity index is 1.99. The van der Waals surface area contributed by atoms with E-state index in [4.69, 9.17) is 9.47 Å². The molecule has 0 N–H and O–H groups in total. The van der Waals surface area contributed by atoms with Crippen molar-refractivity contribution in [2.45, 2.75) is 32.5 Å². The maximum atomic E-state index is 11.7. The van der Waals surface area contributed by atoms with Crippen LogP contribution in [0.25, 0.3) is 0 Å². The first-order chi connectivity index (χ1) is 9.81. The van der Waals surface area contributed by atoms with Gasteiger partial charge in [0.25, 0.3) is 5.69 Å². The van der Waals surface area contributed by atoms with Gasteiger partial charge in [-0.25, -0.2) is 0 Å². The van der Waals surface area contributed by atoms with Gasteiger partial charge in [-0.3, -0.25) is 14.9 Å². The molecule has 0 saturated carbocycles. The minimum atomic E-state index is -0.644. The second-order valence-corrected chi connectivity index (χ2v) is 5.36. The monoisotopic (exact) mass is 294 g/mol. The quantitative estimate of drug-likeness (QED) is 0.626. The zero-order valence-electron chi connectivity index (χ0n) is 12.2. The van der Waals surface area contributed by atoms with E-state index >= 15 is 0 Å². The van der Waals surface area contributed by atoms with Gasteiger partial charge in [0.05, 0.1) is 17.6 Å². The Bertz CT molecular complexity index is 541. The summed E-state index contributed by atoms with van der Waals surface area (Å²) in [7, 11) is 0. The fourth-order valence-electron chi connectivity index (χ4n) is 2.50. The Hall–Kier alpha value is -2.15. The van der Waals surface area contributed by atoms with Crippen LogP contribution in [0.15, 0.2) is 24.3 Å². The van der Waals surface area contributed by atoms with Crippen LogP contribution >= 0.6 is 0 Å². The molecule has 1 saturated heterocycles. The summed E-state index contributed by atoms with van der Waals surface area (Å²) in [6, 6.07) is 5.67. The molecule has 1 aromatic carbocycles. The fourth-order valence-corrected chi connectivity index (χ4v) is 2.50. The summed E-state index contributed by atoms with van der Waals surface area (Å²) >= 11 is 0. The van der Waals surface area contributed by atoms with Crippen LogP contribution in [0.5, 0.6) is 5.75 Å². The second kappa shape index (κ2) is 5.69. The van der Waals surface area contributed by atoms with Crippen LogP contribution in [0.1, 0.15) is 20.8 Å². The molecule has 2 rings (SSSR count). The summed E-state index contributed by atoms with van der Waals surface area (Å²) in [6.45, 7) is 5.84. The van der Waals surface area contributed by atoms with Gasteiger partial charge in [-0.15, -0.1) is 0 Å². The van der Waals surface area contributed by atoms with Crippen molar-refractivity contribution in [3.8, 4) is 5.75 Å². The number of rotatable bonds is 4. The van der Waals surface area contributed by atoms with Crippen LogP contribution in [0.2, 0.25) is 0 Å². The smallest absolute Gasteiger partial charge is 0.269 e. The Morgan fingerprint density at radius 3 is 2.62 bits per heavy atom. The predicted molar refractivity (Wildman–Crippen MR) is 74.9 cm³/mol. The summed E-state index contributed by atoms with van der Waals surface area (Å²) in [6.07, 6.45) is 0. The van der Waals surface area contributed by atoms with E-state index in [-0.39, 0.29) is 24.2 Å². The van der Waals surface area contributed by atoms with Crippen molar-refractivity contribution in [1.29, 1.82) is 0 Å². The zero-order chi connectivity index (χ0) is 15.6. The molecule has 1 aliphatic rings. The van der Waals surface area contributed by atoms with Gasteiger partial charge >= 0.3 is 0 Å². The Morgan fingerprint density at radius 2 is 2.10 bits per heavy atom. The summed E-state index contributed by atoms with van der Waals surface area (Å²) in [5.74, 6) is 0.448. The number of nitrogens with zero attached hydrogens (tertiary/aromatic N) is 2. The van der Waals surface area contributed by atoms with Gasteiger partial charge in [0.1, 0.15) is 18.1 Å². The van der Waals surface area contributed by atoms with E-state index in [1.54, 1.807) is 4.90 Å². The molecule has 7 nitrogen and oxygen atoms in total. The Labute approximate surface area is 122 Å². The largest absolute Gasteiger partial charge is 0.491 e. The highest BCUT2D eigenvalue weighted by Gasteiger charge is 2.42. The van der Waals surface area contributed by atoms with E-state index < -0.39 is 10.6 Å². The van der Waals surface area contributed by atoms with Gasteiger partial charge < -0.3 is 14.4 Å². The molecule has 0 aromatic heterocycles. The maximum absolute atomic E-state index is 11.7. The number of hydrogen-bond donors (Lipinski definition) is 0. The molecule has 0 spiro atoms. The maximum Gasteiger partial charge on any atom is 0.269 e. The predicted octanol–water partition coefficient (Wildman–Crippen LogP) is 1.96. The van der Waals surface area contributed by atoms with Crippen molar-refractivity contribution in [2.75, 3.05) is 13.2 Å². The van der Waals surface area contributed by atoms with Crippen LogP contribution in [-0.2, 0) is 9.53 Å². The van der Waals surface area contributed by atoms with Crippen molar-refractivity contribution in [2.24, 2.45) is 0 Å². The number of hydrogen-bond acceptors (Lipinski definition) is 5. The van der Waals surface area contributed by atoms with Gasteiger partial charge in [-0.1, -0.05) is 0 Å². The first-order valence-corrected chi connectivity index (χ1v) is 6.62. The topological polar surface area (TPSA) is 81.9 Å². The number of amides is 1. The number of ether oxygens (including phenoxy) is 2. The molecular formula is C14H18N2O5. The lowest BCUT2D eigenvalue weighted by Gasteiger charge is -2.32. The third kappa shape index (κ3) is 3.30. The average Bonchev–Trinajstić information content (AvgIpc) is 2.72. The fraction of sp³-hybridized carbons (Fsp3) is 0.500. The zero-order valence-corrected chi connectivity index (χ0v) is 12.2. The highest BCUT2D eigenvalue weighted by atomic mass is 16.6. The van der Waals surface area contributed by atoms with Crippen molar-refractivity contribution < 1.29 is 19.2 Å². The van der Waals surface area contributed by atoms with Crippen LogP contribution in [0, 0.1) is 10.1 Å². The normalized spacial score (nSPS) is 20.3. The molecule has 1 aromatic rings. The number of nitro benzene ring substituents is 1. The van der Waals surface area contributed by atoms with E-state index in [1.807, 2.05) is 13.8 Å². The van der Waals surface area contributed by atoms with E-state index in [9.17, 15) is 14.9 Å². The van der Waals surface area contributed by atoms with Gasteiger partial charge in [-0.05, 0) is 26.0 Å². The molecule has 114 valence electrons. The average molecular weight is 294 g/mol. The molecule has 0 radical (unpaired) electrons. The standard InChI is InChI=1S/C14H18N2O5/c1-10(17)15-12(9-21-14(15,2)3)8-20-13-6-4-11(5-7-13)16(18)19/h4-7,12H,8-9H2,1-3H3/t12-/m1/s1. The molecular weight excluding hydrogens is 276 g/mol.